The molecule has 1 unspecified atom stereocenters. The molecule has 0 aliphatic rings. The predicted octanol–water partition coefficient (Wildman–Crippen LogP) is 2.28. The fourth-order valence-corrected chi connectivity index (χ4v) is 1.62. The Kier molecular flexibility index (Phi) is 5.90. The van der Waals surface area contributed by atoms with E-state index in [2.05, 4.69) is 0 Å². The molecular formula is C13H20O3. The zero-order valence-electron chi connectivity index (χ0n) is 9.72. The van der Waals surface area contributed by atoms with E-state index in [0.29, 0.717) is 0 Å². The second-order valence-electron chi connectivity index (χ2n) is 3.86. The van der Waals surface area contributed by atoms with Crippen molar-refractivity contribution in [3.05, 3.63) is 29.8 Å². The van der Waals surface area contributed by atoms with Crippen LogP contribution in [0.15, 0.2) is 24.3 Å². The average Bonchev–Trinajstić information content (AvgIpc) is 2.34. The third-order valence-corrected chi connectivity index (χ3v) is 2.64. The van der Waals surface area contributed by atoms with Crippen LogP contribution in [-0.2, 0) is 0 Å². The van der Waals surface area contributed by atoms with E-state index < -0.39 is 6.10 Å². The van der Waals surface area contributed by atoms with Gasteiger partial charge in [0.25, 0.3) is 0 Å². The third kappa shape index (κ3) is 4.21. The molecule has 0 aliphatic heterocycles. The lowest BCUT2D eigenvalue weighted by Crippen LogP contribution is -1.97. The second kappa shape index (κ2) is 7.25. The van der Waals surface area contributed by atoms with Gasteiger partial charge in [-0.3, -0.25) is 0 Å². The van der Waals surface area contributed by atoms with Gasteiger partial charge in [0.2, 0.25) is 0 Å². The highest BCUT2D eigenvalue weighted by Gasteiger charge is 2.06. The van der Waals surface area contributed by atoms with Gasteiger partial charge < -0.3 is 14.9 Å². The monoisotopic (exact) mass is 224 g/mol. The van der Waals surface area contributed by atoms with E-state index in [4.69, 9.17) is 9.84 Å². The summed E-state index contributed by atoms with van der Waals surface area (Å²) in [7, 11) is 1.63. The maximum atomic E-state index is 9.88. The van der Waals surface area contributed by atoms with E-state index in [1.54, 1.807) is 7.11 Å². The van der Waals surface area contributed by atoms with E-state index in [1.165, 1.54) is 0 Å². The molecule has 0 heterocycles. The standard InChI is InChI=1S/C13H20O3/c1-16-12-8-6-11(7-9-12)13(15)5-3-2-4-10-14/h6-9,13-15H,2-5,10H2,1H3. The lowest BCUT2D eigenvalue weighted by atomic mass is 10.0. The molecule has 1 aromatic rings. The Bertz CT molecular complexity index is 282. The topological polar surface area (TPSA) is 49.7 Å². The zero-order chi connectivity index (χ0) is 11.8. The van der Waals surface area contributed by atoms with Crippen molar-refractivity contribution < 1.29 is 14.9 Å². The molecule has 0 radical (unpaired) electrons. The zero-order valence-corrected chi connectivity index (χ0v) is 9.72. The second-order valence-corrected chi connectivity index (χ2v) is 3.86. The van der Waals surface area contributed by atoms with Crippen LogP contribution in [0.1, 0.15) is 37.4 Å². The van der Waals surface area contributed by atoms with E-state index >= 15 is 0 Å². The van der Waals surface area contributed by atoms with Crippen molar-refractivity contribution in [1.82, 2.24) is 0 Å². The summed E-state index contributed by atoms with van der Waals surface area (Å²) in [5.41, 5.74) is 0.921. The van der Waals surface area contributed by atoms with Gasteiger partial charge in [0.1, 0.15) is 5.75 Å². The number of rotatable bonds is 7. The van der Waals surface area contributed by atoms with Crippen molar-refractivity contribution in [2.75, 3.05) is 13.7 Å². The van der Waals surface area contributed by atoms with E-state index in [1.807, 2.05) is 24.3 Å². The van der Waals surface area contributed by atoms with Crippen LogP contribution in [0.4, 0.5) is 0 Å². The summed E-state index contributed by atoms with van der Waals surface area (Å²) in [4.78, 5) is 0. The molecule has 0 fully saturated rings. The molecule has 0 aliphatic carbocycles. The normalized spacial score (nSPS) is 12.4. The molecule has 0 amide bonds. The van der Waals surface area contributed by atoms with Crippen LogP contribution < -0.4 is 4.74 Å². The number of hydrogen-bond donors (Lipinski definition) is 2. The quantitative estimate of drug-likeness (QED) is 0.699. The van der Waals surface area contributed by atoms with Crippen molar-refractivity contribution in [3.63, 3.8) is 0 Å². The number of methoxy groups -OCH3 is 1. The van der Waals surface area contributed by atoms with Gasteiger partial charge in [0, 0.05) is 6.61 Å². The van der Waals surface area contributed by atoms with Crippen molar-refractivity contribution >= 4 is 0 Å². The predicted molar refractivity (Wildman–Crippen MR) is 63.5 cm³/mol. The first kappa shape index (κ1) is 13.0. The van der Waals surface area contributed by atoms with Crippen LogP contribution in [0.3, 0.4) is 0 Å². The van der Waals surface area contributed by atoms with Gasteiger partial charge in [0.05, 0.1) is 13.2 Å². The van der Waals surface area contributed by atoms with E-state index in [-0.39, 0.29) is 6.61 Å². The highest BCUT2D eigenvalue weighted by molar-refractivity contribution is 5.28. The van der Waals surface area contributed by atoms with Gasteiger partial charge in [-0.2, -0.15) is 0 Å². The van der Waals surface area contributed by atoms with E-state index in [9.17, 15) is 5.11 Å². The first-order valence-corrected chi connectivity index (χ1v) is 5.71. The molecule has 90 valence electrons. The van der Waals surface area contributed by atoms with Crippen LogP contribution in [0.25, 0.3) is 0 Å². The number of ether oxygens (including phenoxy) is 1. The molecule has 1 rings (SSSR count). The van der Waals surface area contributed by atoms with Gasteiger partial charge in [0.15, 0.2) is 0 Å². The maximum Gasteiger partial charge on any atom is 0.118 e. The molecule has 1 atom stereocenters. The number of unbranched alkanes of at least 4 members (excludes halogenated alkanes) is 2. The molecule has 0 saturated heterocycles. The largest absolute Gasteiger partial charge is 0.497 e. The summed E-state index contributed by atoms with van der Waals surface area (Å²) in [6, 6.07) is 7.48. The number of hydrogen-bond acceptors (Lipinski definition) is 3. The summed E-state index contributed by atoms with van der Waals surface area (Å²) in [5.74, 6) is 0.802. The Balaban J connectivity index is 2.37. The van der Waals surface area contributed by atoms with Crippen LogP contribution >= 0.6 is 0 Å². The van der Waals surface area contributed by atoms with Crippen LogP contribution in [-0.4, -0.2) is 23.9 Å². The van der Waals surface area contributed by atoms with E-state index in [0.717, 1.165) is 37.0 Å². The van der Waals surface area contributed by atoms with Gasteiger partial charge in [-0.15, -0.1) is 0 Å². The number of aliphatic hydroxyl groups is 2. The highest BCUT2D eigenvalue weighted by atomic mass is 16.5. The average molecular weight is 224 g/mol. The Labute approximate surface area is 96.7 Å². The lowest BCUT2D eigenvalue weighted by molar-refractivity contribution is 0.162. The molecule has 2 N–H and O–H groups in total. The van der Waals surface area contributed by atoms with Crippen molar-refractivity contribution in [2.24, 2.45) is 0 Å². The molecule has 3 nitrogen and oxygen atoms in total. The Morgan fingerprint density at radius 2 is 1.81 bits per heavy atom. The van der Waals surface area contributed by atoms with Crippen molar-refractivity contribution in [3.8, 4) is 5.75 Å². The molecule has 0 aromatic heterocycles. The maximum absolute atomic E-state index is 9.88. The van der Waals surface area contributed by atoms with Gasteiger partial charge in [-0.1, -0.05) is 25.0 Å². The SMILES string of the molecule is COc1ccc(C(O)CCCCCO)cc1. The minimum atomic E-state index is -0.412. The summed E-state index contributed by atoms with van der Waals surface area (Å²) in [5, 5.41) is 18.5. The molecule has 0 bridgehead atoms. The Hall–Kier alpha value is -1.06. The first-order chi connectivity index (χ1) is 7.77. The molecule has 0 saturated carbocycles. The molecule has 16 heavy (non-hydrogen) atoms. The smallest absolute Gasteiger partial charge is 0.118 e. The lowest BCUT2D eigenvalue weighted by Gasteiger charge is -2.11. The Morgan fingerprint density at radius 3 is 2.38 bits per heavy atom. The minimum Gasteiger partial charge on any atom is -0.497 e. The summed E-state index contributed by atoms with van der Waals surface area (Å²) in [6.45, 7) is 0.235. The molecule has 0 spiro atoms. The fourth-order valence-electron chi connectivity index (χ4n) is 1.62. The minimum absolute atomic E-state index is 0.235. The summed E-state index contributed by atoms with van der Waals surface area (Å²) < 4.78 is 5.05. The van der Waals surface area contributed by atoms with Crippen LogP contribution in [0.5, 0.6) is 5.75 Å². The van der Waals surface area contributed by atoms with Gasteiger partial charge in [-0.25, -0.2) is 0 Å². The third-order valence-electron chi connectivity index (χ3n) is 2.64. The number of benzene rings is 1. The highest BCUT2D eigenvalue weighted by Crippen LogP contribution is 2.21. The van der Waals surface area contributed by atoms with Crippen LogP contribution in [0.2, 0.25) is 0 Å². The molecular weight excluding hydrogens is 204 g/mol. The van der Waals surface area contributed by atoms with Gasteiger partial charge >= 0.3 is 0 Å². The van der Waals surface area contributed by atoms with Crippen LogP contribution in [0, 0.1) is 0 Å². The van der Waals surface area contributed by atoms with Crippen molar-refractivity contribution in [2.45, 2.75) is 31.8 Å². The van der Waals surface area contributed by atoms with Crippen molar-refractivity contribution in [1.29, 1.82) is 0 Å². The summed E-state index contributed by atoms with van der Waals surface area (Å²) in [6.07, 6.45) is 3.05. The fraction of sp³-hybridized carbons (Fsp3) is 0.538. The summed E-state index contributed by atoms with van der Waals surface area (Å²) >= 11 is 0. The number of aliphatic hydroxyl groups excluding tert-OH is 2. The Morgan fingerprint density at radius 1 is 1.12 bits per heavy atom. The molecule has 1 aromatic carbocycles. The first-order valence-electron chi connectivity index (χ1n) is 5.71. The van der Waals surface area contributed by atoms with Gasteiger partial charge in [-0.05, 0) is 30.5 Å². The molecule has 3 heteroatoms.